The molecule has 0 radical (unpaired) electrons. The van der Waals surface area contributed by atoms with Gasteiger partial charge in [-0.05, 0) is 27.2 Å². The number of rotatable bonds is 5. The number of nitrogens with one attached hydrogen (secondary N) is 2. The van der Waals surface area contributed by atoms with E-state index in [-0.39, 0.29) is 6.04 Å². The molecule has 0 fully saturated rings. The minimum Gasteiger partial charge on any atom is -0.444 e. The normalized spacial score (nSPS) is 12.7. The van der Waals surface area contributed by atoms with Crippen LogP contribution in [0.5, 0.6) is 0 Å². The van der Waals surface area contributed by atoms with Crippen LogP contribution in [0.15, 0.2) is 0 Å². The van der Waals surface area contributed by atoms with E-state index in [9.17, 15) is 4.79 Å². The van der Waals surface area contributed by atoms with E-state index in [0.717, 1.165) is 6.42 Å². The summed E-state index contributed by atoms with van der Waals surface area (Å²) in [5.74, 6) is 2.50. The van der Waals surface area contributed by atoms with Crippen molar-refractivity contribution in [2.75, 3.05) is 13.1 Å². The molecule has 0 spiro atoms. The maximum atomic E-state index is 11.4. The van der Waals surface area contributed by atoms with Gasteiger partial charge in [-0.3, -0.25) is 0 Å². The molecule has 4 heteroatoms. The molecule has 0 bridgehead atoms. The van der Waals surface area contributed by atoms with Crippen LogP contribution in [0.1, 0.15) is 34.1 Å². The summed E-state index contributed by atoms with van der Waals surface area (Å²) < 4.78 is 5.12. The molecule has 0 saturated heterocycles. The molecule has 4 nitrogen and oxygen atoms in total. The highest BCUT2D eigenvalue weighted by molar-refractivity contribution is 5.67. The molecule has 0 aromatic carbocycles. The van der Waals surface area contributed by atoms with Gasteiger partial charge in [-0.15, -0.1) is 6.42 Å². The molecule has 1 atom stereocenters. The summed E-state index contributed by atoms with van der Waals surface area (Å²) in [6.07, 6.45) is 5.65. The number of hydrogen-bond acceptors (Lipinski definition) is 3. The van der Waals surface area contributed by atoms with Gasteiger partial charge in [0.05, 0.1) is 6.54 Å². The van der Waals surface area contributed by atoms with Crippen LogP contribution in [0, 0.1) is 12.3 Å². The number of amides is 1. The Balaban J connectivity index is 3.85. The molecule has 0 aliphatic carbocycles. The summed E-state index contributed by atoms with van der Waals surface area (Å²) >= 11 is 0. The van der Waals surface area contributed by atoms with Crippen molar-refractivity contribution in [1.29, 1.82) is 0 Å². The lowest BCUT2D eigenvalue weighted by Gasteiger charge is -2.21. The van der Waals surface area contributed by atoms with Crippen molar-refractivity contribution in [3.63, 3.8) is 0 Å². The second-order valence-corrected chi connectivity index (χ2v) is 4.57. The van der Waals surface area contributed by atoms with E-state index in [2.05, 4.69) is 16.6 Å². The van der Waals surface area contributed by atoms with Gasteiger partial charge in [0.15, 0.2) is 0 Å². The zero-order chi connectivity index (χ0) is 12.6. The third-order valence-electron chi connectivity index (χ3n) is 1.88. The highest BCUT2D eigenvalue weighted by Gasteiger charge is 2.16. The van der Waals surface area contributed by atoms with Crippen molar-refractivity contribution in [2.24, 2.45) is 0 Å². The predicted octanol–water partition coefficient (Wildman–Crippen LogP) is 1.51. The highest BCUT2D eigenvalue weighted by Crippen LogP contribution is 2.06. The van der Waals surface area contributed by atoms with Crippen LogP contribution >= 0.6 is 0 Å². The molecule has 0 aromatic heterocycles. The largest absolute Gasteiger partial charge is 0.444 e. The Morgan fingerprint density at radius 3 is 2.56 bits per heavy atom. The van der Waals surface area contributed by atoms with E-state index in [1.165, 1.54) is 0 Å². The average Bonchev–Trinajstić information content (AvgIpc) is 2.15. The SMILES string of the molecule is C#CCNC(CC)CNC(=O)OC(C)(C)C. The number of carbonyl (C=O) groups excluding carboxylic acids is 1. The van der Waals surface area contributed by atoms with Gasteiger partial charge in [0.25, 0.3) is 0 Å². The van der Waals surface area contributed by atoms with E-state index in [4.69, 9.17) is 11.2 Å². The molecule has 0 aliphatic rings. The monoisotopic (exact) mass is 226 g/mol. The first-order valence-corrected chi connectivity index (χ1v) is 5.52. The van der Waals surface area contributed by atoms with Crippen molar-refractivity contribution in [3.05, 3.63) is 0 Å². The van der Waals surface area contributed by atoms with Crippen molar-refractivity contribution < 1.29 is 9.53 Å². The van der Waals surface area contributed by atoms with Gasteiger partial charge in [0.1, 0.15) is 5.60 Å². The van der Waals surface area contributed by atoms with Gasteiger partial charge in [-0.1, -0.05) is 12.8 Å². The zero-order valence-electron chi connectivity index (χ0n) is 10.6. The molecule has 16 heavy (non-hydrogen) atoms. The molecule has 1 amide bonds. The fraction of sp³-hybridized carbons (Fsp3) is 0.750. The Bertz CT molecular complexity index is 251. The summed E-state index contributed by atoms with van der Waals surface area (Å²) in [6.45, 7) is 8.56. The molecule has 0 heterocycles. The quantitative estimate of drug-likeness (QED) is 0.699. The fourth-order valence-electron chi connectivity index (χ4n) is 1.08. The van der Waals surface area contributed by atoms with Crippen LogP contribution in [0.2, 0.25) is 0 Å². The zero-order valence-corrected chi connectivity index (χ0v) is 10.6. The van der Waals surface area contributed by atoms with Crippen LogP contribution in [0.4, 0.5) is 4.79 Å². The van der Waals surface area contributed by atoms with Crippen molar-refractivity contribution in [2.45, 2.75) is 45.8 Å². The molecular formula is C12H22N2O2. The van der Waals surface area contributed by atoms with Gasteiger partial charge in [0, 0.05) is 12.6 Å². The standard InChI is InChI=1S/C12H22N2O2/c1-6-8-13-10(7-2)9-14-11(15)16-12(3,4)5/h1,10,13H,7-9H2,2-5H3,(H,14,15). The molecular weight excluding hydrogens is 204 g/mol. The first kappa shape index (κ1) is 14.8. The van der Waals surface area contributed by atoms with Crippen molar-refractivity contribution in [3.8, 4) is 12.3 Å². The Morgan fingerprint density at radius 2 is 2.12 bits per heavy atom. The Kier molecular flexibility index (Phi) is 6.59. The van der Waals surface area contributed by atoms with E-state index < -0.39 is 11.7 Å². The van der Waals surface area contributed by atoms with E-state index in [1.807, 2.05) is 27.7 Å². The van der Waals surface area contributed by atoms with Crippen LogP contribution < -0.4 is 10.6 Å². The number of ether oxygens (including phenoxy) is 1. The number of terminal acetylenes is 1. The summed E-state index contributed by atoms with van der Waals surface area (Å²) in [5.41, 5.74) is -0.460. The van der Waals surface area contributed by atoms with Crippen LogP contribution in [0.25, 0.3) is 0 Å². The van der Waals surface area contributed by atoms with Gasteiger partial charge in [-0.25, -0.2) is 4.79 Å². The Morgan fingerprint density at radius 1 is 1.50 bits per heavy atom. The van der Waals surface area contributed by atoms with Crippen molar-refractivity contribution >= 4 is 6.09 Å². The van der Waals surface area contributed by atoms with E-state index in [1.54, 1.807) is 0 Å². The smallest absolute Gasteiger partial charge is 0.407 e. The van der Waals surface area contributed by atoms with Gasteiger partial charge in [0.2, 0.25) is 0 Å². The number of alkyl carbamates (subject to hydrolysis) is 1. The molecule has 1 unspecified atom stereocenters. The molecule has 0 rings (SSSR count). The highest BCUT2D eigenvalue weighted by atomic mass is 16.6. The first-order valence-electron chi connectivity index (χ1n) is 5.52. The molecule has 0 saturated carbocycles. The summed E-state index contributed by atoms with van der Waals surface area (Å²) in [5, 5.41) is 5.84. The topological polar surface area (TPSA) is 50.4 Å². The lowest BCUT2D eigenvalue weighted by molar-refractivity contribution is 0.0522. The van der Waals surface area contributed by atoms with Crippen LogP contribution in [-0.4, -0.2) is 30.8 Å². The third-order valence-corrected chi connectivity index (χ3v) is 1.88. The summed E-state index contributed by atoms with van der Waals surface area (Å²) in [4.78, 5) is 11.4. The maximum Gasteiger partial charge on any atom is 0.407 e. The molecule has 0 aliphatic heterocycles. The Hall–Kier alpha value is -1.21. The lowest BCUT2D eigenvalue weighted by atomic mass is 10.2. The Labute approximate surface area is 98.1 Å². The van der Waals surface area contributed by atoms with Crippen LogP contribution in [-0.2, 0) is 4.74 Å². The number of carbonyl (C=O) groups is 1. The third kappa shape index (κ3) is 8.13. The molecule has 2 N–H and O–H groups in total. The van der Waals surface area contributed by atoms with Crippen LogP contribution in [0.3, 0.4) is 0 Å². The fourth-order valence-corrected chi connectivity index (χ4v) is 1.08. The first-order chi connectivity index (χ1) is 7.39. The number of hydrogen-bond donors (Lipinski definition) is 2. The van der Waals surface area contributed by atoms with Gasteiger partial charge in [-0.2, -0.15) is 0 Å². The second kappa shape index (κ2) is 7.13. The second-order valence-electron chi connectivity index (χ2n) is 4.57. The lowest BCUT2D eigenvalue weighted by Crippen LogP contribution is -2.42. The van der Waals surface area contributed by atoms with Gasteiger partial charge >= 0.3 is 6.09 Å². The predicted molar refractivity (Wildman–Crippen MR) is 65.2 cm³/mol. The average molecular weight is 226 g/mol. The summed E-state index contributed by atoms with van der Waals surface area (Å²) in [7, 11) is 0. The van der Waals surface area contributed by atoms with Crippen molar-refractivity contribution in [1.82, 2.24) is 10.6 Å². The minimum atomic E-state index is -0.460. The molecule has 92 valence electrons. The minimum absolute atomic E-state index is 0.184. The summed E-state index contributed by atoms with van der Waals surface area (Å²) in [6, 6.07) is 0.184. The van der Waals surface area contributed by atoms with Gasteiger partial charge < -0.3 is 15.4 Å². The van der Waals surface area contributed by atoms with E-state index in [0.29, 0.717) is 13.1 Å². The van der Waals surface area contributed by atoms with E-state index >= 15 is 0 Å². The maximum absolute atomic E-state index is 11.4. The molecule has 0 aromatic rings.